The molecule has 178 valence electrons. The number of fused-ring (bicyclic) bond motifs is 2. The molecule has 0 bridgehead atoms. The molecule has 1 aromatic carbocycles. The second kappa shape index (κ2) is 9.01. The first-order valence-electron chi connectivity index (χ1n) is 11.1. The molecule has 5 rings (SSSR count). The average molecular weight is 501 g/mol. The van der Waals surface area contributed by atoms with Crippen molar-refractivity contribution in [2.75, 3.05) is 27.2 Å². The fourth-order valence-electron chi connectivity index (χ4n) is 4.43. The maximum atomic E-state index is 13.0. The third-order valence-corrected chi connectivity index (χ3v) is 7.67. The van der Waals surface area contributed by atoms with E-state index in [0.29, 0.717) is 22.3 Å². The molecule has 3 aromatic rings. The number of likely N-dealkylation sites (N-methyl/N-ethyl adjacent to an activating group) is 2. The van der Waals surface area contributed by atoms with E-state index in [9.17, 15) is 14.4 Å². The Morgan fingerprint density at radius 1 is 1.18 bits per heavy atom. The van der Waals surface area contributed by atoms with Crippen molar-refractivity contribution in [1.82, 2.24) is 30.4 Å². The summed E-state index contributed by atoms with van der Waals surface area (Å²) in [6.07, 6.45) is 0.920. The minimum Gasteiger partial charge on any atom is -0.351 e. The largest absolute Gasteiger partial charge is 0.351 e. The molecule has 2 aliphatic heterocycles. The molecule has 2 atom stereocenters. The van der Waals surface area contributed by atoms with Gasteiger partial charge >= 0.3 is 0 Å². The summed E-state index contributed by atoms with van der Waals surface area (Å²) in [7, 11) is 3.74. The smallest absolute Gasteiger partial charge is 0.280 e. The van der Waals surface area contributed by atoms with E-state index in [1.54, 1.807) is 30.1 Å². The van der Waals surface area contributed by atoms with Crippen LogP contribution in [0.25, 0.3) is 10.9 Å². The van der Waals surface area contributed by atoms with Crippen LogP contribution < -0.4 is 10.6 Å². The molecular weight excluding hydrogens is 476 g/mol. The molecule has 2 aromatic heterocycles. The predicted molar refractivity (Wildman–Crippen MR) is 130 cm³/mol. The van der Waals surface area contributed by atoms with Crippen LogP contribution in [0.1, 0.15) is 37.3 Å². The average Bonchev–Trinajstić information content (AvgIpc) is 3.40. The topological polar surface area (TPSA) is 110 Å². The van der Waals surface area contributed by atoms with Crippen molar-refractivity contribution in [2.45, 2.75) is 31.5 Å². The number of aromatic nitrogens is 2. The highest BCUT2D eigenvalue weighted by atomic mass is 35.5. The SMILES string of the molecule is CN1CCc2nc(C(=O)NC3CN(C)C(=O)C[C@H]3NC(=O)c3cc4cc(Cl)ccc4[nH]3)sc2C1. The van der Waals surface area contributed by atoms with E-state index in [2.05, 4.69) is 25.5 Å². The third kappa shape index (κ3) is 4.53. The summed E-state index contributed by atoms with van der Waals surface area (Å²) >= 11 is 7.45. The Bertz CT molecular complexity index is 1290. The van der Waals surface area contributed by atoms with E-state index < -0.39 is 12.1 Å². The van der Waals surface area contributed by atoms with E-state index >= 15 is 0 Å². The van der Waals surface area contributed by atoms with Crippen LogP contribution in [0, 0.1) is 0 Å². The number of aromatic amines is 1. The Morgan fingerprint density at radius 2 is 1.97 bits per heavy atom. The van der Waals surface area contributed by atoms with E-state index in [0.717, 1.165) is 41.0 Å². The summed E-state index contributed by atoms with van der Waals surface area (Å²) in [5.74, 6) is -0.719. The second-order valence-corrected chi connectivity index (χ2v) is 10.4. The van der Waals surface area contributed by atoms with E-state index in [-0.39, 0.29) is 24.1 Å². The zero-order valence-corrected chi connectivity index (χ0v) is 20.4. The number of halogens is 1. The molecular formula is C23H25ClN6O3S. The number of hydrogen-bond acceptors (Lipinski definition) is 6. The van der Waals surface area contributed by atoms with Crippen molar-refractivity contribution < 1.29 is 14.4 Å². The molecule has 34 heavy (non-hydrogen) atoms. The van der Waals surface area contributed by atoms with Crippen molar-refractivity contribution in [3.05, 3.63) is 50.6 Å². The lowest BCUT2D eigenvalue weighted by Gasteiger charge is -2.36. The number of rotatable bonds is 4. The number of thiazole rings is 1. The van der Waals surface area contributed by atoms with Crippen molar-refractivity contribution in [3.63, 3.8) is 0 Å². The van der Waals surface area contributed by atoms with Crippen LogP contribution in [-0.4, -0.2) is 76.8 Å². The van der Waals surface area contributed by atoms with Crippen LogP contribution in [0.5, 0.6) is 0 Å². The predicted octanol–water partition coefficient (Wildman–Crippen LogP) is 2.02. The summed E-state index contributed by atoms with van der Waals surface area (Å²) in [5, 5.41) is 7.76. The number of carbonyl (C=O) groups excluding carboxylic acids is 3. The summed E-state index contributed by atoms with van der Waals surface area (Å²) in [6.45, 7) is 2.00. The number of nitrogens with zero attached hydrogens (tertiary/aromatic N) is 3. The van der Waals surface area contributed by atoms with E-state index in [1.165, 1.54) is 11.3 Å². The van der Waals surface area contributed by atoms with Gasteiger partial charge in [0.2, 0.25) is 5.91 Å². The summed E-state index contributed by atoms with van der Waals surface area (Å²) < 4.78 is 0. The summed E-state index contributed by atoms with van der Waals surface area (Å²) in [4.78, 5) is 50.9. The maximum absolute atomic E-state index is 13.0. The minimum absolute atomic E-state index is 0.0908. The van der Waals surface area contributed by atoms with Gasteiger partial charge in [-0.2, -0.15) is 0 Å². The van der Waals surface area contributed by atoms with Gasteiger partial charge in [0.15, 0.2) is 5.01 Å². The van der Waals surface area contributed by atoms with Gasteiger partial charge in [-0.3, -0.25) is 14.4 Å². The molecule has 0 spiro atoms. The maximum Gasteiger partial charge on any atom is 0.280 e. The van der Waals surface area contributed by atoms with Gasteiger partial charge in [-0.05, 0) is 31.3 Å². The van der Waals surface area contributed by atoms with Crippen molar-refractivity contribution in [1.29, 1.82) is 0 Å². The Balaban J connectivity index is 1.32. The van der Waals surface area contributed by atoms with Crippen molar-refractivity contribution in [2.24, 2.45) is 0 Å². The standard InChI is InChI=1S/C23H25ClN6O3S/c1-29-6-5-15-19(11-29)34-23(28-15)22(33)27-18-10-30(2)20(31)9-16(18)26-21(32)17-8-12-7-13(24)3-4-14(12)25-17/h3-4,7-8,16,18,25H,5-6,9-11H2,1-2H3,(H,26,32)(H,27,33)/t16-,18?/m1/s1. The van der Waals surface area contributed by atoms with E-state index in [4.69, 9.17) is 11.6 Å². The molecule has 2 aliphatic rings. The fraction of sp³-hybridized carbons (Fsp3) is 0.391. The van der Waals surface area contributed by atoms with Gasteiger partial charge < -0.3 is 25.4 Å². The Morgan fingerprint density at radius 3 is 2.79 bits per heavy atom. The molecule has 3 amide bonds. The minimum atomic E-state index is -0.545. The van der Waals surface area contributed by atoms with Crippen LogP contribution >= 0.6 is 22.9 Å². The summed E-state index contributed by atoms with van der Waals surface area (Å²) in [6, 6.07) is 6.06. The molecule has 11 heteroatoms. The number of hydrogen-bond donors (Lipinski definition) is 3. The number of H-pyrrole nitrogens is 1. The lowest BCUT2D eigenvalue weighted by Crippen LogP contribution is -2.61. The van der Waals surface area contributed by atoms with Crippen LogP contribution in [-0.2, 0) is 17.8 Å². The normalized spacial score (nSPS) is 20.9. The van der Waals surface area contributed by atoms with Crippen LogP contribution in [0.2, 0.25) is 5.02 Å². The number of amides is 3. The van der Waals surface area contributed by atoms with Crippen LogP contribution in [0.3, 0.4) is 0 Å². The zero-order chi connectivity index (χ0) is 24.0. The van der Waals surface area contributed by atoms with E-state index in [1.807, 2.05) is 13.1 Å². The second-order valence-electron chi connectivity index (χ2n) is 8.93. The number of nitrogens with one attached hydrogen (secondary N) is 3. The lowest BCUT2D eigenvalue weighted by molar-refractivity contribution is -0.133. The molecule has 9 nitrogen and oxygen atoms in total. The molecule has 1 fully saturated rings. The molecule has 0 radical (unpaired) electrons. The Labute approximate surface area is 205 Å². The first-order valence-corrected chi connectivity index (χ1v) is 12.3. The Kier molecular flexibility index (Phi) is 6.05. The molecule has 0 aliphatic carbocycles. The van der Waals surface area contributed by atoms with Gasteiger partial charge in [0.05, 0.1) is 17.8 Å². The first kappa shape index (κ1) is 22.8. The number of carbonyl (C=O) groups is 3. The van der Waals surface area contributed by atoms with Crippen molar-refractivity contribution in [3.8, 4) is 0 Å². The third-order valence-electron chi connectivity index (χ3n) is 6.35. The quantitative estimate of drug-likeness (QED) is 0.507. The molecule has 1 saturated heterocycles. The highest BCUT2D eigenvalue weighted by Gasteiger charge is 2.35. The van der Waals surface area contributed by atoms with Gasteiger partial charge in [0.25, 0.3) is 11.8 Å². The number of piperidine rings is 1. The molecule has 0 saturated carbocycles. The summed E-state index contributed by atoms with van der Waals surface area (Å²) in [5.41, 5.74) is 2.13. The Hall–Kier alpha value is -2.95. The zero-order valence-electron chi connectivity index (χ0n) is 18.9. The van der Waals surface area contributed by atoms with Gasteiger partial charge in [-0.25, -0.2) is 4.98 Å². The van der Waals surface area contributed by atoms with Gasteiger partial charge in [0.1, 0.15) is 5.69 Å². The number of likely N-dealkylation sites (tertiary alicyclic amines) is 1. The van der Waals surface area contributed by atoms with Gasteiger partial charge in [0, 0.05) is 60.3 Å². The molecule has 1 unspecified atom stereocenters. The highest BCUT2D eigenvalue weighted by Crippen LogP contribution is 2.25. The molecule has 3 N–H and O–H groups in total. The fourth-order valence-corrected chi connectivity index (χ4v) is 5.70. The molecule has 4 heterocycles. The van der Waals surface area contributed by atoms with Crippen molar-refractivity contribution >= 4 is 51.6 Å². The van der Waals surface area contributed by atoms with Gasteiger partial charge in [-0.15, -0.1) is 11.3 Å². The monoisotopic (exact) mass is 500 g/mol. The lowest BCUT2D eigenvalue weighted by atomic mass is 9.98. The number of benzene rings is 1. The van der Waals surface area contributed by atoms with Crippen LogP contribution in [0.15, 0.2) is 24.3 Å². The van der Waals surface area contributed by atoms with Crippen LogP contribution in [0.4, 0.5) is 0 Å². The highest BCUT2D eigenvalue weighted by molar-refractivity contribution is 7.13. The van der Waals surface area contributed by atoms with Gasteiger partial charge in [-0.1, -0.05) is 11.6 Å². The first-order chi connectivity index (χ1) is 16.3.